The van der Waals surface area contributed by atoms with Crippen molar-refractivity contribution >= 4 is 72.1 Å². The van der Waals surface area contributed by atoms with Gasteiger partial charge >= 0.3 is 5.97 Å². The van der Waals surface area contributed by atoms with Gasteiger partial charge in [0.05, 0.1) is 106 Å². The first-order chi connectivity index (χ1) is 38.0. The number of aryl methyl sites for hydroxylation is 3. The molecule has 7 aromatic rings. The smallest absolute Gasteiger partial charge is 0.335 e. The van der Waals surface area contributed by atoms with Gasteiger partial charge in [-0.05, 0) is 123 Å². The number of benzene rings is 3. The number of carbonyl (C=O) groups is 2. The zero-order chi connectivity index (χ0) is 58.3. The van der Waals surface area contributed by atoms with E-state index in [0.717, 1.165) is 76.3 Å². The van der Waals surface area contributed by atoms with Crippen molar-refractivity contribution in [3.05, 3.63) is 138 Å². The van der Waals surface area contributed by atoms with Crippen LogP contribution in [-0.4, -0.2) is 99.8 Å². The molecule has 0 amide bonds. The summed E-state index contributed by atoms with van der Waals surface area (Å²) in [5, 5.41) is 41.3. The van der Waals surface area contributed by atoms with Gasteiger partial charge in [-0.1, -0.05) is 54.1 Å². The Morgan fingerprint density at radius 1 is 0.671 bits per heavy atom. The van der Waals surface area contributed by atoms with Crippen molar-refractivity contribution in [1.82, 2.24) is 39.5 Å². The minimum absolute atomic E-state index is 0. The van der Waals surface area contributed by atoms with Gasteiger partial charge in [-0.15, -0.1) is 0 Å². The minimum atomic E-state index is -4.02. The summed E-state index contributed by atoms with van der Waals surface area (Å²) in [4.78, 5) is 41.5. The van der Waals surface area contributed by atoms with Crippen LogP contribution in [0.1, 0.15) is 123 Å². The number of nitrogens with two attached hydrogens (primary N) is 1. The summed E-state index contributed by atoms with van der Waals surface area (Å²) in [6.45, 7) is 17.5. The van der Waals surface area contributed by atoms with Crippen LogP contribution in [0.2, 0.25) is 0 Å². The zero-order valence-corrected chi connectivity index (χ0v) is 50.2. The summed E-state index contributed by atoms with van der Waals surface area (Å²) in [6.07, 6.45) is 15.9. The molecule has 4 aromatic heterocycles. The second-order valence-corrected chi connectivity index (χ2v) is 21.6. The summed E-state index contributed by atoms with van der Waals surface area (Å²) in [5.41, 5.74) is 13.5. The molecule has 2 aliphatic heterocycles. The molecule has 0 radical (unpaired) electrons. The van der Waals surface area contributed by atoms with Crippen molar-refractivity contribution in [1.29, 1.82) is 10.5 Å². The van der Waals surface area contributed by atoms with Crippen molar-refractivity contribution in [2.75, 3.05) is 10.6 Å². The molecule has 436 valence electrons. The lowest BCUT2D eigenvalue weighted by molar-refractivity contribution is -0.0509. The van der Waals surface area contributed by atoms with Gasteiger partial charge in [-0.3, -0.25) is 18.7 Å². The van der Waals surface area contributed by atoms with E-state index >= 15 is 0 Å². The van der Waals surface area contributed by atoms with Crippen LogP contribution >= 0.6 is 27.0 Å². The molecule has 2 saturated heterocycles. The van der Waals surface area contributed by atoms with Gasteiger partial charge in [-0.2, -0.15) is 56.1 Å². The highest BCUT2D eigenvalue weighted by Gasteiger charge is 2.28. The predicted molar refractivity (Wildman–Crippen MR) is 324 cm³/mol. The number of Topliss-reactive ketones (excluding diaryl/α,β-unsaturated/α-hetero) is 1. The number of carboxylic acid groups (broad SMARTS) is 1. The van der Waals surface area contributed by atoms with Crippen LogP contribution in [0.15, 0.2) is 115 Å². The van der Waals surface area contributed by atoms with E-state index in [4.69, 9.17) is 40.4 Å². The first kappa shape index (κ1) is 67.0. The Morgan fingerprint density at radius 2 is 1.06 bits per heavy atom. The van der Waals surface area contributed by atoms with Crippen LogP contribution in [-0.2, 0) is 19.6 Å². The van der Waals surface area contributed by atoms with Crippen LogP contribution in [0.25, 0.3) is 22.5 Å². The second-order valence-electron chi connectivity index (χ2n) is 20.2. The van der Waals surface area contributed by atoms with Gasteiger partial charge in [0.2, 0.25) is 11.9 Å². The number of hydrogen-bond donors (Lipinski definition) is 5. The van der Waals surface area contributed by atoms with E-state index in [-0.39, 0.29) is 86.0 Å². The highest BCUT2D eigenvalue weighted by Crippen LogP contribution is 2.32. The molecule has 2 fully saturated rings. The number of carbonyl (C=O) groups excluding carboxylic acids is 1. The molecule has 9 rings (SSSR count). The Kier molecular flexibility index (Phi) is 25.3. The first-order valence-corrected chi connectivity index (χ1v) is 27.6. The monoisotopic (exact) mass is 1180 g/mol. The summed E-state index contributed by atoms with van der Waals surface area (Å²) >= 11 is 0. The van der Waals surface area contributed by atoms with Crippen LogP contribution in [0.4, 0.5) is 23.3 Å². The lowest BCUT2D eigenvalue weighted by atomic mass is 9.99. The van der Waals surface area contributed by atoms with Crippen molar-refractivity contribution in [3.63, 3.8) is 0 Å². The number of hydrogen-bond acceptors (Lipinski definition) is 17. The summed E-state index contributed by atoms with van der Waals surface area (Å²) in [6, 6.07) is 24.2. The standard InChI is InChI=1S/C26H30N6O2.C22H25N5O3.C7H8O3S.C3H6N2.2H2S/c1-16(12-27)9-24(33)20-5-7-21(8-6-20)25-17(2)13-28-26(31-25)30-22-14-29-32(15-22)23-10-18(3)34-19(4)11-23;1-13-10-23-22(26-20(13)16-4-6-17(7-5-16)21(28)29)25-18-11-24-27(12-18)19-8-14(2)30-15(3)9-19;1-6-2-4-7(5-3-6)11(8,9)10;1-3(5)2-4;;/h5-8,13-16,18-19,23H,9-11H2,1-4H3,(H,28,30,31);4-7,10-12,14-15,19H,8-9H2,1-3H3,(H,28,29)(H,23,25,26);2-5H,1H3,(H,8,9,10);3H,5H2,1H3;2*1H2/t16-,18-,19+,23?;14-,15+,19?;;3-;;/m1..0../s1. The van der Waals surface area contributed by atoms with E-state index < -0.39 is 16.1 Å². The van der Waals surface area contributed by atoms with Crippen LogP contribution in [0, 0.1) is 49.4 Å². The molecule has 0 spiro atoms. The number of ketones is 1. The number of anilines is 4. The number of nitrogens with one attached hydrogen (secondary N) is 2. The average Bonchev–Trinajstić information content (AvgIpc) is 4.22. The number of aromatic carboxylic acids is 1. The van der Waals surface area contributed by atoms with E-state index in [0.29, 0.717) is 29.5 Å². The molecule has 0 bridgehead atoms. The van der Waals surface area contributed by atoms with Crippen molar-refractivity contribution in [2.45, 2.75) is 142 Å². The molecule has 82 heavy (non-hydrogen) atoms. The Hall–Kier alpha value is -7.55. The molecular formula is C58H73N13O8S3. The van der Waals surface area contributed by atoms with E-state index in [9.17, 15) is 18.0 Å². The number of nitrogens with zero attached hydrogens (tertiary/aromatic N) is 10. The largest absolute Gasteiger partial charge is 0.478 e. The fourth-order valence-electron chi connectivity index (χ4n) is 8.96. The van der Waals surface area contributed by atoms with E-state index in [1.807, 2.05) is 54.7 Å². The molecule has 8 atom stereocenters. The predicted octanol–water partition coefficient (Wildman–Crippen LogP) is 10.8. The maximum absolute atomic E-state index is 12.3. The molecule has 24 heteroatoms. The summed E-state index contributed by atoms with van der Waals surface area (Å²) in [7, 11) is -4.02. The van der Waals surface area contributed by atoms with E-state index in [1.165, 1.54) is 12.1 Å². The van der Waals surface area contributed by atoms with Crippen molar-refractivity contribution in [3.8, 4) is 34.7 Å². The fraction of sp³-hybridized carbons (Fsp3) is 0.379. The van der Waals surface area contributed by atoms with Gasteiger partial charge in [0.25, 0.3) is 10.1 Å². The number of nitriles is 2. The molecule has 21 nitrogen and oxygen atoms in total. The van der Waals surface area contributed by atoms with Gasteiger partial charge in [0, 0.05) is 47.9 Å². The molecule has 0 saturated carbocycles. The van der Waals surface area contributed by atoms with Gasteiger partial charge in [0.1, 0.15) is 0 Å². The summed E-state index contributed by atoms with van der Waals surface area (Å²) in [5.74, 6) is -0.336. The number of ether oxygens (including phenoxy) is 2. The zero-order valence-electron chi connectivity index (χ0n) is 47.3. The number of rotatable bonds is 13. The number of aromatic nitrogens is 8. The van der Waals surface area contributed by atoms with E-state index in [2.05, 4.69) is 69.5 Å². The van der Waals surface area contributed by atoms with Crippen LogP contribution < -0.4 is 16.4 Å². The Morgan fingerprint density at radius 3 is 1.41 bits per heavy atom. The molecule has 6 N–H and O–H groups in total. The highest BCUT2D eigenvalue weighted by atomic mass is 32.2. The normalized spacial score (nSPS) is 18.8. The molecule has 3 aromatic carbocycles. The average molecular weight is 1180 g/mol. The third kappa shape index (κ3) is 19.9. The topological polar surface area (TPSA) is 312 Å². The van der Waals surface area contributed by atoms with Crippen molar-refractivity contribution < 1.29 is 37.1 Å². The SMILES string of the molecule is C[C@H](N)C#N.Cc1ccc(S(=O)(=O)O)cc1.Cc1cnc(Nc2cnn(C3C[C@@H](C)O[C@@H](C)C3)c2)nc1-c1ccc(C(=O)C[C@@H](C)C#N)cc1.Cc1cnc(Nc2cnn(C3C[C@@H](C)O[C@@H](C)C3)c2)nc1-c1ccc(C(=O)O)cc1.S.S. The minimum Gasteiger partial charge on any atom is -0.478 e. The maximum atomic E-state index is 12.3. The number of carboxylic acids is 1. The molecule has 0 aliphatic carbocycles. The maximum Gasteiger partial charge on any atom is 0.335 e. The molecule has 2 aliphatic rings. The first-order valence-electron chi connectivity index (χ1n) is 26.1. The molecule has 6 heterocycles. The van der Waals surface area contributed by atoms with Crippen LogP contribution in [0.3, 0.4) is 0 Å². The fourth-order valence-corrected chi connectivity index (χ4v) is 9.44. The quantitative estimate of drug-likeness (QED) is 0.0529. The Balaban J connectivity index is 0.000000274. The Bertz CT molecular complexity index is 3380. The van der Waals surface area contributed by atoms with Gasteiger partial charge in [-0.25, -0.2) is 24.7 Å². The van der Waals surface area contributed by atoms with Gasteiger partial charge < -0.3 is 30.9 Å². The summed E-state index contributed by atoms with van der Waals surface area (Å²) < 4.78 is 45.2. The molecular weight excluding hydrogens is 1100 g/mol. The second kappa shape index (κ2) is 31.0. The van der Waals surface area contributed by atoms with E-state index in [1.54, 1.807) is 93.2 Å². The van der Waals surface area contributed by atoms with Gasteiger partial charge in [0.15, 0.2) is 5.78 Å². The van der Waals surface area contributed by atoms with Crippen molar-refractivity contribution in [2.24, 2.45) is 11.7 Å². The highest BCUT2D eigenvalue weighted by molar-refractivity contribution is 7.85. The third-order valence-electron chi connectivity index (χ3n) is 12.9. The third-order valence-corrected chi connectivity index (χ3v) is 13.7. The Labute approximate surface area is 493 Å². The van der Waals surface area contributed by atoms with Crippen LogP contribution in [0.5, 0.6) is 0 Å². The lowest BCUT2D eigenvalue weighted by Crippen LogP contribution is -2.31. The molecule has 2 unspecified atom stereocenters. The lowest BCUT2D eigenvalue weighted by Gasteiger charge is -2.32.